The van der Waals surface area contributed by atoms with Crippen LogP contribution in [-0.4, -0.2) is 21.4 Å². The first-order chi connectivity index (χ1) is 10.7. The molecule has 0 heterocycles. The molecule has 0 radical (unpaired) electrons. The van der Waals surface area contributed by atoms with Gasteiger partial charge in [-0.1, -0.05) is 0 Å². The van der Waals surface area contributed by atoms with Crippen LogP contribution in [0.4, 0.5) is 20.2 Å². The fourth-order valence-corrected chi connectivity index (χ4v) is 2.98. The zero-order chi connectivity index (χ0) is 17.2. The van der Waals surface area contributed by atoms with E-state index in [0.717, 1.165) is 12.1 Å². The van der Waals surface area contributed by atoms with E-state index < -0.39 is 26.6 Å². The first-order valence-electron chi connectivity index (χ1n) is 6.53. The maximum absolute atomic E-state index is 13.6. The SMILES string of the molecule is CC(=O)N(C)c1ccc(NS(=O)(=O)c2cc(F)ccc2F)cc1. The summed E-state index contributed by atoms with van der Waals surface area (Å²) in [6.07, 6.45) is 0. The van der Waals surface area contributed by atoms with Crippen molar-refractivity contribution in [2.45, 2.75) is 11.8 Å². The second kappa shape index (κ2) is 6.33. The second-order valence-electron chi connectivity index (χ2n) is 4.81. The third kappa shape index (κ3) is 3.84. The summed E-state index contributed by atoms with van der Waals surface area (Å²) in [5, 5.41) is 0. The Labute approximate surface area is 132 Å². The number of carbonyl (C=O) groups excluding carboxylic acids is 1. The largest absolute Gasteiger partial charge is 0.316 e. The summed E-state index contributed by atoms with van der Waals surface area (Å²) >= 11 is 0. The highest BCUT2D eigenvalue weighted by Crippen LogP contribution is 2.22. The van der Waals surface area contributed by atoms with Crippen LogP contribution in [-0.2, 0) is 14.8 Å². The summed E-state index contributed by atoms with van der Waals surface area (Å²) in [4.78, 5) is 11.9. The number of amides is 1. The highest BCUT2D eigenvalue weighted by molar-refractivity contribution is 7.92. The lowest BCUT2D eigenvalue weighted by Gasteiger charge is -2.15. The molecular weight excluding hydrogens is 326 g/mol. The third-order valence-corrected chi connectivity index (χ3v) is 4.56. The molecule has 0 aliphatic heterocycles. The number of rotatable bonds is 4. The lowest BCUT2D eigenvalue weighted by molar-refractivity contribution is -0.116. The van der Waals surface area contributed by atoms with E-state index in [2.05, 4.69) is 4.72 Å². The van der Waals surface area contributed by atoms with Crippen LogP contribution in [0.25, 0.3) is 0 Å². The molecule has 5 nitrogen and oxygen atoms in total. The van der Waals surface area contributed by atoms with Crippen LogP contribution in [0.3, 0.4) is 0 Å². The average molecular weight is 340 g/mol. The van der Waals surface area contributed by atoms with Gasteiger partial charge in [-0.25, -0.2) is 17.2 Å². The molecule has 1 amide bonds. The molecule has 2 aromatic rings. The molecule has 0 atom stereocenters. The van der Waals surface area contributed by atoms with E-state index in [4.69, 9.17) is 0 Å². The van der Waals surface area contributed by atoms with Crippen molar-refractivity contribution in [3.8, 4) is 0 Å². The van der Waals surface area contributed by atoms with Crippen molar-refractivity contribution < 1.29 is 22.0 Å². The standard InChI is InChI=1S/C15H14F2N2O3S/c1-10(20)19(2)13-6-4-12(5-7-13)18-23(21,22)15-9-11(16)3-8-14(15)17/h3-9,18H,1-2H3. The van der Waals surface area contributed by atoms with Crippen molar-refractivity contribution in [2.75, 3.05) is 16.7 Å². The van der Waals surface area contributed by atoms with Crippen molar-refractivity contribution in [1.82, 2.24) is 0 Å². The van der Waals surface area contributed by atoms with Crippen LogP contribution in [0.2, 0.25) is 0 Å². The van der Waals surface area contributed by atoms with Gasteiger partial charge in [0.2, 0.25) is 5.91 Å². The molecule has 122 valence electrons. The average Bonchev–Trinajstić information content (AvgIpc) is 2.49. The molecule has 0 aliphatic rings. The minimum absolute atomic E-state index is 0.161. The number of nitrogens with zero attached hydrogens (tertiary/aromatic N) is 1. The Kier molecular flexibility index (Phi) is 4.65. The van der Waals surface area contributed by atoms with E-state index in [9.17, 15) is 22.0 Å². The fourth-order valence-electron chi connectivity index (χ4n) is 1.83. The molecule has 0 saturated heterocycles. The number of carbonyl (C=O) groups is 1. The Hall–Kier alpha value is -2.48. The zero-order valence-electron chi connectivity index (χ0n) is 12.4. The van der Waals surface area contributed by atoms with Gasteiger partial charge in [0.1, 0.15) is 16.5 Å². The summed E-state index contributed by atoms with van der Waals surface area (Å²) in [5.74, 6) is -2.09. The number of halogens is 2. The first kappa shape index (κ1) is 16.9. The summed E-state index contributed by atoms with van der Waals surface area (Å²) in [7, 11) is -2.69. The Morgan fingerprint density at radius 1 is 1.09 bits per heavy atom. The lowest BCUT2D eigenvalue weighted by Crippen LogP contribution is -2.22. The summed E-state index contributed by atoms with van der Waals surface area (Å²) < 4.78 is 53.1. The van der Waals surface area contributed by atoms with E-state index in [0.29, 0.717) is 11.8 Å². The maximum atomic E-state index is 13.6. The van der Waals surface area contributed by atoms with Crippen molar-refractivity contribution >= 4 is 27.3 Å². The summed E-state index contributed by atoms with van der Waals surface area (Å²) in [6, 6.07) is 8.08. The minimum atomic E-state index is -4.26. The number of hydrogen-bond donors (Lipinski definition) is 1. The quantitative estimate of drug-likeness (QED) is 0.931. The molecule has 2 rings (SSSR count). The monoisotopic (exact) mass is 340 g/mol. The van der Waals surface area contributed by atoms with Gasteiger partial charge in [-0.3, -0.25) is 9.52 Å². The smallest absolute Gasteiger partial charge is 0.264 e. The van der Waals surface area contributed by atoms with Gasteiger partial charge in [0.15, 0.2) is 0 Å². The van der Waals surface area contributed by atoms with E-state index >= 15 is 0 Å². The number of hydrogen-bond acceptors (Lipinski definition) is 3. The summed E-state index contributed by atoms with van der Waals surface area (Å²) in [6.45, 7) is 1.39. The molecule has 0 fully saturated rings. The lowest BCUT2D eigenvalue weighted by atomic mass is 10.2. The van der Waals surface area contributed by atoms with Crippen LogP contribution in [0.1, 0.15) is 6.92 Å². The molecule has 0 aliphatic carbocycles. The van der Waals surface area contributed by atoms with Crippen LogP contribution < -0.4 is 9.62 Å². The van der Waals surface area contributed by atoms with Crippen LogP contribution in [0, 0.1) is 11.6 Å². The Balaban J connectivity index is 2.27. The molecule has 1 N–H and O–H groups in total. The van der Waals surface area contributed by atoms with Gasteiger partial charge < -0.3 is 4.90 Å². The first-order valence-corrected chi connectivity index (χ1v) is 8.01. The van der Waals surface area contributed by atoms with Gasteiger partial charge in [-0.2, -0.15) is 0 Å². The van der Waals surface area contributed by atoms with Crippen LogP contribution in [0.5, 0.6) is 0 Å². The molecule has 8 heteroatoms. The predicted octanol–water partition coefficient (Wildman–Crippen LogP) is 2.75. The summed E-state index contributed by atoms with van der Waals surface area (Å²) in [5.41, 5.74) is 0.728. The molecule has 0 bridgehead atoms. The Morgan fingerprint density at radius 3 is 2.26 bits per heavy atom. The highest BCUT2D eigenvalue weighted by Gasteiger charge is 2.20. The van der Waals surface area contributed by atoms with Crippen molar-refractivity contribution in [3.63, 3.8) is 0 Å². The highest BCUT2D eigenvalue weighted by atomic mass is 32.2. The normalized spacial score (nSPS) is 11.1. The molecule has 0 unspecified atom stereocenters. The number of nitrogens with one attached hydrogen (secondary N) is 1. The number of anilines is 2. The Bertz CT molecular complexity index is 836. The van der Waals surface area contributed by atoms with Gasteiger partial charge in [0, 0.05) is 25.3 Å². The number of benzene rings is 2. The molecule has 23 heavy (non-hydrogen) atoms. The van der Waals surface area contributed by atoms with Crippen molar-refractivity contribution in [3.05, 3.63) is 54.1 Å². The van der Waals surface area contributed by atoms with Crippen LogP contribution in [0.15, 0.2) is 47.4 Å². The van der Waals surface area contributed by atoms with Gasteiger partial charge in [-0.05, 0) is 42.5 Å². The predicted molar refractivity (Wildman–Crippen MR) is 82.7 cm³/mol. The topological polar surface area (TPSA) is 66.5 Å². The molecular formula is C15H14F2N2O3S. The van der Waals surface area contributed by atoms with Gasteiger partial charge in [0.05, 0.1) is 0 Å². The van der Waals surface area contributed by atoms with E-state index in [1.165, 1.54) is 36.1 Å². The minimum Gasteiger partial charge on any atom is -0.316 e. The van der Waals surface area contributed by atoms with E-state index in [1.807, 2.05) is 0 Å². The maximum Gasteiger partial charge on any atom is 0.264 e. The van der Waals surface area contributed by atoms with E-state index in [-0.39, 0.29) is 11.6 Å². The van der Waals surface area contributed by atoms with E-state index in [1.54, 1.807) is 7.05 Å². The van der Waals surface area contributed by atoms with Crippen molar-refractivity contribution in [2.24, 2.45) is 0 Å². The molecule has 0 spiro atoms. The molecule has 0 aromatic heterocycles. The second-order valence-corrected chi connectivity index (χ2v) is 6.46. The van der Waals surface area contributed by atoms with Gasteiger partial charge in [-0.15, -0.1) is 0 Å². The fraction of sp³-hybridized carbons (Fsp3) is 0.133. The molecule has 2 aromatic carbocycles. The Morgan fingerprint density at radius 2 is 1.70 bits per heavy atom. The van der Waals surface area contributed by atoms with Crippen molar-refractivity contribution in [1.29, 1.82) is 0 Å². The van der Waals surface area contributed by atoms with Gasteiger partial charge >= 0.3 is 0 Å². The third-order valence-electron chi connectivity index (χ3n) is 3.16. The zero-order valence-corrected chi connectivity index (χ0v) is 13.2. The van der Waals surface area contributed by atoms with Gasteiger partial charge in [0.25, 0.3) is 10.0 Å². The van der Waals surface area contributed by atoms with Crippen LogP contribution >= 0.6 is 0 Å². The molecule has 0 saturated carbocycles. The number of sulfonamides is 1.